The number of aromatic nitrogens is 1. The first-order valence-corrected chi connectivity index (χ1v) is 9.07. The predicted octanol–water partition coefficient (Wildman–Crippen LogP) is 5.91. The average Bonchev–Trinajstić information content (AvgIpc) is 3.00. The average molecular weight is 378 g/mol. The number of nitrogens with zero attached hydrogens (tertiary/aromatic N) is 1. The number of nitrogens with one attached hydrogen (secondary N) is 1. The highest BCUT2D eigenvalue weighted by Gasteiger charge is 2.34. The van der Waals surface area contributed by atoms with Gasteiger partial charge in [-0.05, 0) is 42.7 Å². The zero-order chi connectivity index (χ0) is 18.7. The largest absolute Gasteiger partial charge is 0.417 e. The van der Waals surface area contributed by atoms with Crippen molar-refractivity contribution in [2.45, 2.75) is 32.4 Å². The third-order valence-corrected chi connectivity index (χ3v) is 4.90. The number of amides is 1. The van der Waals surface area contributed by atoms with Crippen LogP contribution in [0.15, 0.2) is 42.5 Å². The van der Waals surface area contributed by atoms with Gasteiger partial charge in [0.1, 0.15) is 0 Å². The molecule has 7 heteroatoms. The van der Waals surface area contributed by atoms with Gasteiger partial charge in [-0.3, -0.25) is 10.1 Å². The third-order valence-electron chi connectivity index (χ3n) is 3.97. The summed E-state index contributed by atoms with van der Waals surface area (Å²) in [6.07, 6.45) is -1.44. The molecule has 0 atom stereocenters. The van der Waals surface area contributed by atoms with Gasteiger partial charge in [0.15, 0.2) is 5.13 Å². The molecule has 0 bridgehead atoms. The molecule has 0 radical (unpaired) electrons. The Balaban J connectivity index is 1.84. The molecule has 3 rings (SSSR count). The van der Waals surface area contributed by atoms with Crippen molar-refractivity contribution in [3.05, 3.63) is 59.2 Å². The molecule has 0 unspecified atom stereocenters. The Hall–Kier alpha value is -2.41. The molecule has 2 aromatic carbocycles. The molecule has 0 aliphatic heterocycles. The monoisotopic (exact) mass is 378 g/mol. The topological polar surface area (TPSA) is 42.0 Å². The van der Waals surface area contributed by atoms with Crippen LogP contribution in [0, 0.1) is 0 Å². The molecular weight excluding hydrogens is 361 g/mol. The fourth-order valence-electron chi connectivity index (χ4n) is 2.65. The molecule has 0 aliphatic rings. The fourth-order valence-corrected chi connectivity index (χ4v) is 3.58. The second kappa shape index (κ2) is 7.45. The molecule has 0 saturated carbocycles. The van der Waals surface area contributed by atoms with Crippen LogP contribution < -0.4 is 5.32 Å². The lowest BCUT2D eigenvalue weighted by atomic mass is 10.1. The van der Waals surface area contributed by atoms with Crippen molar-refractivity contribution in [1.82, 2.24) is 4.98 Å². The number of carbonyl (C=O) groups is 1. The number of benzene rings is 2. The van der Waals surface area contributed by atoms with Gasteiger partial charge < -0.3 is 0 Å². The van der Waals surface area contributed by atoms with Gasteiger partial charge in [0, 0.05) is 0 Å². The van der Waals surface area contributed by atoms with Crippen LogP contribution in [-0.2, 0) is 12.6 Å². The number of aryl methyl sites for hydroxylation is 1. The molecule has 1 aromatic heterocycles. The van der Waals surface area contributed by atoms with Crippen molar-refractivity contribution < 1.29 is 18.0 Å². The maximum atomic E-state index is 13.1. The van der Waals surface area contributed by atoms with Crippen LogP contribution in [-0.4, -0.2) is 10.9 Å². The minimum absolute atomic E-state index is 0.287. The highest BCUT2D eigenvalue weighted by Crippen LogP contribution is 2.33. The summed E-state index contributed by atoms with van der Waals surface area (Å²) in [5.41, 5.74) is 0.529. The zero-order valence-electron chi connectivity index (χ0n) is 14.1. The summed E-state index contributed by atoms with van der Waals surface area (Å²) in [4.78, 5) is 16.6. The Morgan fingerprint density at radius 1 is 1.19 bits per heavy atom. The Bertz CT molecular complexity index is 934. The van der Waals surface area contributed by atoms with E-state index in [0.29, 0.717) is 0 Å². The summed E-state index contributed by atoms with van der Waals surface area (Å²) in [5, 5.41) is 2.78. The molecule has 26 heavy (non-hydrogen) atoms. The van der Waals surface area contributed by atoms with Crippen molar-refractivity contribution in [3.63, 3.8) is 0 Å². The van der Waals surface area contributed by atoms with E-state index in [2.05, 4.69) is 17.2 Å². The number of rotatable bonds is 5. The van der Waals surface area contributed by atoms with E-state index in [4.69, 9.17) is 0 Å². The van der Waals surface area contributed by atoms with Crippen LogP contribution in [0.5, 0.6) is 0 Å². The number of unbranched alkanes of at least 4 members (excludes halogenated alkanes) is 1. The van der Waals surface area contributed by atoms with Gasteiger partial charge in [0.2, 0.25) is 0 Å². The molecule has 0 aliphatic carbocycles. The van der Waals surface area contributed by atoms with E-state index in [1.54, 1.807) is 0 Å². The summed E-state index contributed by atoms with van der Waals surface area (Å²) in [6.45, 7) is 2.12. The second-order valence-electron chi connectivity index (χ2n) is 5.92. The number of fused-ring (bicyclic) bond motifs is 1. The number of alkyl halides is 3. The van der Waals surface area contributed by atoms with Gasteiger partial charge in [0.25, 0.3) is 5.91 Å². The van der Waals surface area contributed by atoms with Crippen LogP contribution in [0.1, 0.15) is 41.3 Å². The van der Waals surface area contributed by atoms with Crippen LogP contribution in [0.25, 0.3) is 10.2 Å². The molecule has 3 nitrogen and oxygen atoms in total. The Kier molecular flexibility index (Phi) is 5.27. The number of halogens is 3. The maximum absolute atomic E-state index is 13.1. The molecule has 0 saturated heterocycles. The summed E-state index contributed by atoms with van der Waals surface area (Å²) >= 11 is 1.26. The van der Waals surface area contributed by atoms with Crippen molar-refractivity contribution in [2.75, 3.05) is 5.32 Å². The van der Waals surface area contributed by atoms with E-state index in [9.17, 15) is 18.0 Å². The van der Waals surface area contributed by atoms with Crippen molar-refractivity contribution in [1.29, 1.82) is 0 Å². The Morgan fingerprint density at radius 2 is 1.96 bits per heavy atom. The van der Waals surface area contributed by atoms with Gasteiger partial charge in [0.05, 0.1) is 21.3 Å². The van der Waals surface area contributed by atoms with Crippen molar-refractivity contribution >= 4 is 32.6 Å². The Morgan fingerprint density at radius 3 is 2.69 bits per heavy atom. The lowest BCUT2D eigenvalue weighted by molar-refractivity contribution is -0.137. The highest BCUT2D eigenvalue weighted by molar-refractivity contribution is 7.22. The smallest absolute Gasteiger partial charge is 0.298 e. The first kappa shape index (κ1) is 18.4. The van der Waals surface area contributed by atoms with Gasteiger partial charge in [-0.2, -0.15) is 13.2 Å². The van der Waals surface area contributed by atoms with Gasteiger partial charge in [-0.1, -0.05) is 42.9 Å². The first-order valence-electron chi connectivity index (χ1n) is 8.25. The van der Waals surface area contributed by atoms with Crippen LogP contribution in [0.3, 0.4) is 0 Å². The van der Waals surface area contributed by atoms with Gasteiger partial charge >= 0.3 is 6.18 Å². The van der Waals surface area contributed by atoms with E-state index in [1.807, 2.05) is 18.2 Å². The fraction of sp³-hybridized carbons (Fsp3) is 0.263. The van der Waals surface area contributed by atoms with E-state index < -0.39 is 23.2 Å². The van der Waals surface area contributed by atoms with Crippen molar-refractivity contribution in [2.24, 2.45) is 0 Å². The normalized spacial score (nSPS) is 11.7. The highest BCUT2D eigenvalue weighted by atomic mass is 32.1. The number of thiazole rings is 1. The zero-order valence-corrected chi connectivity index (χ0v) is 14.9. The summed E-state index contributed by atoms with van der Waals surface area (Å²) in [5.74, 6) is -0.816. The number of hydrogen-bond donors (Lipinski definition) is 1. The molecule has 1 amide bonds. The second-order valence-corrected chi connectivity index (χ2v) is 6.95. The Labute approximate surface area is 152 Å². The lowest BCUT2D eigenvalue weighted by Crippen LogP contribution is -2.18. The van der Waals surface area contributed by atoms with Crippen LogP contribution >= 0.6 is 11.3 Å². The quantitative estimate of drug-likeness (QED) is 0.600. The first-order chi connectivity index (χ1) is 12.4. The summed E-state index contributed by atoms with van der Waals surface area (Å²) in [7, 11) is 0. The molecular formula is C19H17F3N2OS. The lowest BCUT2D eigenvalue weighted by Gasteiger charge is -2.11. The maximum Gasteiger partial charge on any atom is 0.417 e. The SMILES string of the molecule is CCCCc1ccc2nc(NC(=O)c3ccccc3C(F)(F)F)sc2c1. The van der Waals surface area contributed by atoms with Gasteiger partial charge in [-0.25, -0.2) is 4.98 Å². The third kappa shape index (κ3) is 4.04. The van der Waals surface area contributed by atoms with E-state index >= 15 is 0 Å². The predicted molar refractivity (Wildman–Crippen MR) is 97.6 cm³/mol. The van der Waals surface area contributed by atoms with Gasteiger partial charge in [-0.15, -0.1) is 0 Å². The van der Waals surface area contributed by atoms with E-state index in [-0.39, 0.29) is 5.13 Å². The van der Waals surface area contributed by atoms with Crippen molar-refractivity contribution in [3.8, 4) is 0 Å². The number of anilines is 1. The molecule has 0 spiro atoms. The van der Waals surface area contributed by atoms with E-state index in [0.717, 1.165) is 41.6 Å². The summed E-state index contributed by atoms with van der Waals surface area (Å²) < 4.78 is 40.1. The molecule has 1 N–H and O–H groups in total. The molecule has 0 fully saturated rings. The molecule has 136 valence electrons. The number of hydrogen-bond acceptors (Lipinski definition) is 3. The van der Waals surface area contributed by atoms with Crippen LogP contribution in [0.4, 0.5) is 18.3 Å². The summed E-state index contributed by atoms with van der Waals surface area (Å²) in [6, 6.07) is 10.6. The van der Waals surface area contributed by atoms with Crippen LogP contribution in [0.2, 0.25) is 0 Å². The molecule has 3 aromatic rings. The minimum Gasteiger partial charge on any atom is -0.298 e. The van der Waals surface area contributed by atoms with E-state index in [1.165, 1.54) is 29.0 Å². The standard InChI is InChI=1S/C19H17F3N2OS/c1-2-3-6-12-9-10-15-16(11-12)26-18(23-15)24-17(25)13-7-4-5-8-14(13)19(20,21)22/h4-5,7-11H,2-3,6H2,1H3,(H,23,24,25). The molecule has 1 heterocycles. The minimum atomic E-state index is -4.59. The number of carbonyl (C=O) groups excluding carboxylic acids is 1.